The Morgan fingerprint density at radius 2 is 1.55 bits per heavy atom. The summed E-state index contributed by atoms with van der Waals surface area (Å²) in [5.41, 5.74) is 1.65. The van der Waals surface area contributed by atoms with Gasteiger partial charge in [-0.1, -0.05) is 54.1 Å². The summed E-state index contributed by atoms with van der Waals surface area (Å²) in [5.74, 6) is -0.0279. The van der Waals surface area contributed by atoms with Gasteiger partial charge in [-0.15, -0.1) is 17.0 Å². The fraction of sp³-hybridized carbons (Fsp3) is 0. The molecular weight excluding hydrogens is 360 g/mol. The fourth-order valence-electron chi connectivity index (χ4n) is 2.19. The minimum atomic E-state index is -0.0279. The SMILES string of the molecule is Br.O=C(/C=C/c1ccc2ccccc2c1)c1ccc(Cl)cc1. The number of fused-ring (bicyclic) bond motifs is 1. The van der Waals surface area contributed by atoms with Crippen LogP contribution in [0.3, 0.4) is 0 Å². The van der Waals surface area contributed by atoms with Crippen molar-refractivity contribution < 1.29 is 4.79 Å². The summed E-state index contributed by atoms with van der Waals surface area (Å²) in [7, 11) is 0. The van der Waals surface area contributed by atoms with Gasteiger partial charge in [0.2, 0.25) is 0 Å². The van der Waals surface area contributed by atoms with Gasteiger partial charge in [-0.2, -0.15) is 0 Å². The van der Waals surface area contributed by atoms with E-state index in [9.17, 15) is 4.79 Å². The average molecular weight is 374 g/mol. The Morgan fingerprint density at radius 3 is 2.27 bits per heavy atom. The van der Waals surface area contributed by atoms with E-state index in [0.717, 1.165) is 5.56 Å². The van der Waals surface area contributed by atoms with Gasteiger partial charge in [0.15, 0.2) is 5.78 Å². The highest BCUT2D eigenvalue weighted by atomic mass is 79.9. The molecule has 0 bridgehead atoms. The van der Waals surface area contributed by atoms with Crippen molar-refractivity contribution in [2.24, 2.45) is 0 Å². The Morgan fingerprint density at radius 1 is 0.864 bits per heavy atom. The lowest BCUT2D eigenvalue weighted by molar-refractivity contribution is 0.104. The summed E-state index contributed by atoms with van der Waals surface area (Å²) in [4.78, 5) is 12.1. The molecular formula is C19H14BrClO. The van der Waals surface area contributed by atoms with E-state index in [4.69, 9.17) is 11.6 Å². The molecule has 3 heteroatoms. The van der Waals surface area contributed by atoms with E-state index in [1.54, 1.807) is 30.3 Å². The lowest BCUT2D eigenvalue weighted by atomic mass is 10.1. The van der Waals surface area contributed by atoms with Crippen LogP contribution in [-0.4, -0.2) is 5.78 Å². The van der Waals surface area contributed by atoms with E-state index in [0.29, 0.717) is 10.6 Å². The molecule has 0 N–H and O–H groups in total. The third-order valence-corrected chi connectivity index (χ3v) is 3.58. The number of benzene rings is 3. The summed E-state index contributed by atoms with van der Waals surface area (Å²) >= 11 is 5.82. The van der Waals surface area contributed by atoms with Crippen molar-refractivity contribution in [3.8, 4) is 0 Å². The van der Waals surface area contributed by atoms with Crippen molar-refractivity contribution in [3.05, 3.63) is 89.0 Å². The molecule has 22 heavy (non-hydrogen) atoms. The van der Waals surface area contributed by atoms with Gasteiger partial charge in [-0.25, -0.2) is 0 Å². The van der Waals surface area contributed by atoms with Crippen molar-refractivity contribution in [1.29, 1.82) is 0 Å². The van der Waals surface area contributed by atoms with Crippen molar-refractivity contribution in [3.63, 3.8) is 0 Å². The first kappa shape index (κ1) is 16.5. The van der Waals surface area contributed by atoms with Crippen LogP contribution in [0.2, 0.25) is 5.02 Å². The molecule has 3 rings (SSSR count). The van der Waals surface area contributed by atoms with Gasteiger partial charge < -0.3 is 0 Å². The largest absolute Gasteiger partial charge is 0.289 e. The zero-order valence-electron chi connectivity index (χ0n) is 11.7. The lowest BCUT2D eigenvalue weighted by Crippen LogP contribution is -1.93. The molecule has 0 atom stereocenters. The van der Waals surface area contributed by atoms with Gasteiger partial charge in [0.25, 0.3) is 0 Å². The Bertz CT molecular complexity index is 822. The Hall–Kier alpha value is -1.90. The van der Waals surface area contributed by atoms with E-state index in [1.165, 1.54) is 10.8 Å². The summed E-state index contributed by atoms with van der Waals surface area (Å²) in [5, 5.41) is 2.99. The van der Waals surface area contributed by atoms with Crippen LogP contribution < -0.4 is 0 Å². The third kappa shape index (κ3) is 3.85. The molecule has 0 aromatic heterocycles. The molecule has 0 spiro atoms. The smallest absolute Gasteiger partial charge is 0.185 e. The van der Waals surface area contributed by atoms with Crippen molar-refractivity contribution in [1.82, 2.24) is 0 Å². The average Bonchev–Trinajstić information content (AvgIpc) is 2.53. The summed E-state index contributed by atoms with van der Waals surface area (Å²) < 4.78 is 0. The molecule has 110 valence electrons. The first-order chi connectivity index (χ1) is 10.2. The van der Waals surface area contributed by atoms with E-state index >= 15 is 0 Å². The summed E-state index contributed by atoms with van der Waals surface area (Å²) in [6, 6.07) is 21.2. The molecule has 0 heterocycles. The Balaban J connectivity index is 0.00000176. The van der Waals surface area contributed by atoms with E-state index in [1.807, 2.05) is 24.3 Å². The van der Waals surface area contributed by atoms with Crippen LogP contribution in [0.15, 0.2) is 72.8 Å². The van der Waals surface area contributed by atoms with Crippen molar-refractivity contribution in [2.45, 2.75) is 0 Å². The van der Waals surface area contributed by atoms with Crippen LogP contribution in [0.25, 0.3) is 16.8 Å². The molecule has 0 fully saturated rings. The number of allylic oxidation sites excluding steroid dienone is 1. The molecule has 3 aromatic carbocycles. The molecule has 3 aromatic rings. The second-order valence-electron chi connectivity index (χ2n) is 4.81. The molecule has 0 unspecified atom stereocenters. The van der Waals surface area contributed by atoms with Crippen LogP contribution in [0, 0.1) is 0 Å². The molecule has 0 aliphatic heterocycles. The van der Waals surface area contributed by atoms with Crippen LogP contribution in [-0.2, 0) is 0 Å². The number of ketones is 1. The summed E-state index contributed by atoms with van der Waals surface area (Å²) in [6.07, 6.45) is 3.43. The minimum absolute atomic E-state index is 0. The predicted octanol–water partition coefficient (Wildman–Crippen LogP) is 5.97. The van der Waals surface area contributed by atoms with Crippen LogP contribution in [0.1, 0.15) is 15.9 Å². The van der Waals surface area contributed by atoms with Crippen molar-refractivity contribution >= 4 is 51.2 Å². The second-order valence-corrected chi connectivity index (χ2v) is 5.25. The van der Waals surface area contributed by atoms with Crippen molar-refractivity contribution in [2.75, 3.05) is 0 Å². The van der Waals surface area contributed by atoms with Gasteiger partial charge in [0, 0.05) is 10.6 Å². The maximum atomic E-state index is 12.1. The number of hydrogen-bond donors (Lipinski definition) is 0. The Labute approximate surface area is 145 Å². The first-order valence-corrected chi connectivity index (χ1v) is 7.07. The molecule has 1 nitrogen and oxygen atoms in total. The van der Waals surface area contributed by atoms with Gasteiger partial charge in [0.1, 0.15) is 0 Å². The maximum Gasteiger partial charge on any atom is 0.185 e. The molecule has 0 saturated carbocycles. The quantitative estimate of drug-likeness (QED) is 0.408. The van der Waals surface area contributed by atoms with Gasteiger partial charge in [0.05, 0.1) is 0 Å². The topological polar surface area (TPSA) is 17.1 Å². The number of carbonyl (C=O) groups is 1. The predicted molar refractivity (Wildman–Crippen MR) is 99.1 cm³/mol. The second kappa shape index (κ2) is 7.39. The highest BCUT2D eigenvalue weighted by Gasteiger charge is 2.01. The van der Waals surface area contributed by atoms with Crippen LogP contribution in [0.4, 0.5) is 0 Å². The fourth-order valence-corrected chi connectivity index (χ4v) is 2.32. The number of halogens is 2. The number of rotatable bonds is 3. The van der Waals surface area contributed by atoms with Gasteiger partial charge in [-0.05, 0) is 52.7 Å². The minimum Gasteiger partial charge on any atom is -0.289 e. The van der Waals surface area contributed by atoms with Gasteiger partial charge in [-0.3, -0.25) is 4.79 Å². The highest BCUT2D eigenvalue weighted by Crippen LogP contribution is 2.17. The summed E-state index contributed by atoms with van der Waals surface area (Å²) in [6.45, 7) is 0. The van der Waals surface area contributed by atoms with E-state index in [-0.39, 0.29) is 22.8 Å². The molecule has 0 radical (unpaired) electrons. The number of carbonyl (C=O) groups excluding carboxylic acids is 1. The maximum absolute atomic E-state index is 12.1. The Kier molecular flexibility index (Phi) is 5.53. The third-order valence-electron chi connectivity index (χ3n) is 3.33. The molecule has 0 saturated heterocycles. The molecule has 0 amide bonds. The first-order valence-electron chi connectivity index (χ1n) is 6.69. The lowest BCUT2D eigenvalue weighted by Gasteiger charge is -1.99. The molecule has 0 aliphatic carbocycles. The standard InChI is InChI=1S/C19H13ClO.BrH/c20-18-10-8-16(9-11-18)19(21)12-6-14-5-7-15-3-1-2-4-17(15)13-14;/h1-13H;1H/b12-6+;. The van der Waals surface area contributed by atoms with Crippen LogP contribution >= 0.6 is 28.6 Å². The van der Waals surface area contributed by atoms with Crippen LogP contribution in [0.5, 0.6) is 0 Å². The zero-order valence-corrected chi connectivity index (χ0v) is 14.2. The van der Waals surface area contributed by atoms with E-state index < -0.39 is 0 Å². The molecule has 0 aliphatic rings. The zero-order chi connectivity index (χ0) is 14.7. The normalized spacial score (nSPS) is 10.6. The van der Waals surface area contributed by atoms with E-state index in [2.05, 4.69) is 24.3 Å². The number of hydrogen-bond acceptors (Lipinski definition) is 1. The van der Waals surface area contributed by atoms with Gasteiger partial charge >= 0.3 is 0 Å². The highest BCUT2D eigenvalue weighted by molar-refractivity contribution is 8.93. The monoisotopic (exact) mass is 372 g/mol.